The minimum absolute atomic E-state index is 0.405. The molecule has 0 heterocycles. The normalized spacial score (nSPS) is 10.2. The minimum Gasteiger partial charge on any atom is -0.495 e. The molecule has 2 rings (SSSR count). The second-order valence-corrected chi connectivity index (χ2v) is 5.17. The van der Waals surface area contributed by atoms with E-state index >= 15 is 0 Å². The van der Waals surface area contributed by atoms with Gasteiger partial charge in [0.25, 0.3) is 0 Å². The predicted octanol–water partition coefficient (Wildman–Crippen LogP) is 3.84. The van der Waals surface area contributed by atoms with Crippen molar-refractivity contribution in [2.24, 2.45) is 0 Å². The highest BCUT2D eigenvalue weighted by Crippen LogP contribution is 2.31. The predicted molar refractivity (Wildman–Crippen MR) is 81.3 cm³/mol. The molecule has 0 atom stereocenters. The zero-order chi connectivity index (χ0) is 14.5. The number of hydrogen-bond donors (Lipinski definition) is 0. The Morgan fingerprint density at radius 2 is 1.80 bits per heavy atom. The Morgan fingerprint density at radius 3 is 2.40 bits per heavy atom. The molecule has 2 aromatic rings. The van der Waals surface area contributed by atoms with Crippen LogP contribution in [0.3, 0.4) is 0 Å². The van der Waals surface area contributed by atoms with Crippen LogP contribution in [0.1, 0.15) is 21.5 Å². The monoisotopic (exact) mass is 334 g/mol. The smallest absolute Gasteiger partial charge is 0.341 e. The largest absolute Gasteiger partial charge is 0.495 e. The first kappa shape index (κ1) is 14.6. The van der Waals surface area contributed by atoms with Gasteiger partial charge in [0.05, 0.1) is 18.7 Å². The summed E-state index contributed by atoms with van der Waals surface area (Å²) in [6.45, 7) is 0. The number of hydrogen-bond acceptors (Lipinski definition) is 3. The SMILES string of the molecule is COC(=O)c1cc(Cc2ccccc2)cc(Br)c1OC. The van der Waals surface area contributed by atoms with E-state index in [9.17, 15) is 4.79 Å². The van der Waals surface area contributed by atoms with E-state index in [1.54, 1.807) is 0 Å². The van der Waals surface area contributed by atoms with E-state index in [1.807, 2.05) is 30.3 Å². The molecule has 0 radical (unpaired) electrons. The molecule has 2 aromatic carbocycles. The minimum atomic E-state index is -0.405. The summed E-state index contributed by atoms with van der Waals surface area (Å²) in [4.78, 5) is 11.8. The molecule has 0 fully saturated rings. The third-order valence-corrected chi connectivity index (χ3v) is 3.55. The van der Waals surface area contributed by atoms with E-state index in [-0.39, 0.29) is 0 Å². The topological polar surface area (TPSA) is 35.5 Å². The lowest BCUT2D eigenvalue weighted by molar-refractivity contribution is 0.0597. The molecule has 0 aliphatic heterocycles. The van der Waals surface area contributed by atoms with Crippen molar-refractivity contribution in [1.82, 2.24) is 0 Å². The molecule has 0 spiro atoms. The first-order valence-electron chi connectivity index (χ1n) is 6.14. The van der Waals surface area contributed by atoms with Crippen LogP contribution in [0.2, 0.25) is 0 Å². The van der Waals surface area contributed by atoms with E-state index < -0.39 is 5.97 Å². The maximum atomic E-state index is 11.8. The molecule has 0 aromatic heterocycles. The highest BCUT2D eigenvalue weighted by atomic mass is 79.9. The van der Waals surface area contributed by atoms with Gasteiger partial charge in [-0.15, -0.1) is 0 Å². The molecule has 0 unspecified atom stereocenters. The number of halogens is 1. The van der Waals surface area contributed by atoms with Gasteiger partial charge in [-0.05, 0) is 45.6 Å². The van der Waals surface area contributed by atoms with Gasteiger partial charge in [0, 0.05) is 0 Å². The van der Waals surface area contributed by atoms with Crippen LogP contribution in [0.4, 0.5) is 0 Å². The van der Waals surface area contributed by atoms with Crippen molar-refractivity contribution in [3.05, 3.63) is 63.6 Å². The maximum Gasteiger partial charge on any atom is 0.341 e. The van der Waals surface area contributed by atoms with Gasteiger partial charge >= 0.3 is 5.97 Å². The molecule has 4 heteroatoms. The van der Waals surface area contributed by atoms with Crippen molar-refractivity contribution < 1.29 is 14.3 Å². The van der Waals surface area contributed by atoms with Gasteiger partial charge in [0.1, 0.15) is 11.3 Å². The summed E-state index contributed by atoms with van der Waals surface area (Å²) in [5, 5.41) is 0. The molecular weight excluding hydrogens is 320 g/mol. The Kier molecular flexibility index (Phi) is 4.79. The second-order valence-electron chi connectivity index (χ2n) is 4.31. The molecule has 0 aliphatic rings. The number of carbonyl (C=O) groups excluding carboxylic acids is 1. The number of carbonyl (C=O) groups is 1. The summed E-state index contributed by atoms with van der Waals surface area (Å²) in [6.07, 6.45) is 0.743. The quantitative estimate of drug-likeness (QED) is 0.797. The lowest BCUT2D eigenvalue weighted by atomic mass is 10.0. The third-order valence-electron chi connectivity index (χ3n) is 2.96. The van der Waals surface area contributed by atoms with Crippen LogP contribution >= 0.6 is 15.9 Å². The molecule has 20 heavy (non-hydrogen) atoms. The number of esters is 1. The fourth-order valence-corrected chi connectivity index (χ4v) is 2.72. The zero-order valence-corrected chi connectivity index (χ0v) is 12.9. The Bertz CT molecular complexity index is 609. The van der Waals surface area contributed by atoms with Crippen molar-refractivity contribution in [3.8, 4) is 5.75 Å². The lowest BCUT2D eigenvalue weighted by Crippen LogP contribution is -2.06. The summed E-state index contributed by atoms with van der Waals surface area (Å²) in [6, 6.07) is 13.8. The van der Waals surface area contributed by atoms with Gasteiger partial charge < -0.3 is 9.47 Å². The van der Waals surface area contributed by atoms with Gasteiger partial charge in [0.15, 0.2) is 0 Å². The van der Waals surface area contributed by atoms with Crippen molar-refractivity contribution in [3.63, 3.8) is 0 Å². The summed E-state index contributed by atoms with van der Waals surface area (Å²) in [5.74, 6) is 0.0890. The van der Waals surface area contributed by atoms with Crippen molar-refractivity contribution >= 4 is 21.9 Å². The second kappa shape index (κ2) is 6.57. The molecule has 0 saturated heterocycles. The fourth-order valence-electron chi connectivity index (χ4n) is 2.05. The molecule has 0 saturated carbocycles. The average molecular weight is 335 g/mol. The summed E-state index contributed by atoms with van der Waals surface area (Å²) >= 11 is 3.44. The van der Waals surface area contributed by atoms with Crippen LogP contribution in [0.5, 0.6) is 5.75 Å². The lowest BCUT2D eigenvalue weighted by Gasteiger charge is -2.12. The molecule has 104 valence electrons. The van der Waals surface area contributed by atoms with Crippen LogP contribution in [-0.4, -0.2) is 20.2 Å². The van der Waals surface area contributed by atoms with Gasteiger partial charge in [-0.3, -0.25) is 0 Å². The standard InChI is InChI=1S/C16H15BrO3/c1-19-15-13(16(18)20-2)9-12(10-14(15)17)8-11-6-4-3-5-7-11/h3-7,9-10H,8H2,1-2H3. The third kappa shape index (κ3) is 3.20. The maximum absolute atomic E-state index is 11.8. The van der Waals surface area contributed by atoms with Gasteiger partial charge in [-0.2, -0.15) is 0 Å². The average Bonchev–Trinajstić information content (AvgIpc) is 2.47. The Labute approximate surface area is 126 Å². The van der Waals surface area contributed by atoms with Crippen molar-refractivity contribution in [2.75, 3.05) is 14.2 Å². The van der Waals surface area contributed by atoms with Crippen molar-refractivity contribution in [1.29, 1.82) is 0 Å². The van der Waals surface area contributed by atoms with Gasteiger partial charge in [0.2, 0.25) is 0 Å². The van der Waals surface area contributed by atoms with Crippen LogP contribution in [-0.2, 0) is 11.2 Å². The zero-order valence-electron chi connectivity index (χ0n) is 11.4. The number of methoxy groups -OCH3 is 2. The van der Waals surface area contributed by atoms with Crippen LogP contribution in [0, 0.1) is 0 Å². The van der Waals surface area contributed by atoms with Crippen LogP contribution in [0.15, 0.2) is 46.9 Å². The number of benzene rings is 2. The molecule has 0 bridgehead atoms. The van der Waals surface area contributed by atoms with Gasteiger partial charge in [-0.25, -0.2) is 4.79 Å². The Morgan fingerprint density at radius 1 is 1.10 bits per heavy atom. The van der Waals surface area contributed by atoms with Crippen LogP contribution in [0.25, 0.3) is 0 Å². The highest BCUT2D eigenvalue weighted by Gasteiger charge is 2.17. The summed E-state index contributed by atoms with van der Waals surface area (Å²) in [7, 11) is 2.89. The van der Waals surface area contributed by atoms with Crippen molar-refractivity contribution in [2.45, 2.75) is 6.42 Å². The highest BCUT2D eigenvalue weighted by molar-refractivity contribution is 9.10. The van der Waals surface area contributed by atoms with E-state index in [0.717, 1.165) is 16.5 Å². The van der Waals surface area contributed by atoms with Gasteiger partial charge in [-0.1, -0.05) is 30.3 Å². The van der Waals surface area contributed by atoms with E-state index in [4.69, 9.17) is 9.47 Å². The molecule has 0 aliphatic carbocycles. The Balaban J connectivity index is 2.40. The van der Waals surface area contributed by atoms with E-state index in [2.05, 4.69) is 28.1 Å². The number of rotatable bonds is 4. The summed E-state index contributed by atoms with van der Waals surface area (Å²) < 4.78 is 10.8. The van der Waals surface area contributed by atoms with E-state index in [1.165, 1.54) is 19.8 Å². The first-order chi connectivity index (χ1) is 9.65. The fraction of sp³-hybridized carbons (Fsp3) is 0.188. The first-order valence-corrected chi connectivity index (χ1v) is 6.93. The van der Waals surface area contributed by atoms with E-state index in [0.29, 0.717) is 11.3 Å². The summed E-state index contributed by atoms with van der Waals surface area (Å²) in [5.41, 5.74) is 2.62. The van der Waals surface area contributed by atoms with Crippen LogP contribution < -0.4 is 4.74 Å². The number of ether oxygens (including phenoxy) is 2. The molecular formula is C16H15BrO3. The molecule has 3 nitrogen and oxygen atoms in total. The molecule has 0 amide bonds. The Hall–Kier alpha value is -1.81. The molecule has 0 N–H and O–H groups in total.